The van der Waals surface area contributed by atoms with Crippen LogP contribution in [0.2, 0.25) is 13.1 Å². The lowest BCUT2D eigenvalue weighted by Gasteiger charge is -2.48. The quantitative estimate of drug-likeness (QED) is 0.235. The maximum atomic E-state index is 13.5. The van der Waals surface area contributed by atoms with E-state index >= 15 is 0 Å². The van der Waals surface area contributed by atoms with E-state index in [0.717, 1.165) is 62.2 Å². The highest BCUT2D eigenvalue weighted by Crippen LogP contribution is 2.60. The molecule has 2 aliphatic heterocycles. The molecule has 5 unspecified atom stereocenters. The number of likely N-dealkylation sites (tertiary alicyclic amines) is 1. The predicted octanol–water partition coefficient (Wildman–Crippen LogP) is 7.56. The predicted molar refractivity (Wildman–Crippen MR) is 169 cm³/mol. The number of para-hydroxylation sites is 1. The lowest BCUT2D eigenvalue weighted by Crippen LogP contribution is -2.52. The highest BCUT2D eigenvalue weighted by molar-refractivity contribution is 6.48. The summed E-state index contributed by atoms with van der Waals surface area (Å²) < 4.78 is 12.3. The van der Waals surface area contributed by atoms with Crippen LogP contribution in [0.5, 0.6) is 0 Å². The van der Waals surface area contributed by atoms with Crippen LogP contribution in [0.15, 0.2) is 65.9 Å². The lowest BCUT2D eigenvalue weighted by atomic mass is 9.61. The van der Waals surface area contributed by atoms with Gasteiger partial charge in [-0.3, -0.25) is 4.90 Å². The van der Waals surface area contributed by atoms with Crippen molar-refractivity contribution < 1.29 is 14.0 Å². The molecular formula is C35H49N2O3Si. The van der Waals surface area contributed by atoms with E-state index < -0.39 is 9.04 Å². The largest absolute Gasteiger partial charge is 0.466 e. The molecule has 221 valence electrons. The van der Waals surface area contributed by atoms with Crippen molar-refractivity contribution in [3.8, 4) is 0 Å². The Morgan fingerprint density at radius 3 is 2.49 bits per heavy atom. The lowest BCUT2D eigenvalue weighted by molar-refractivity contribution is -0.136. The van der Waals surface area contributed by atoms with Gasteiger partial charge in [0, 0.05) is 30.5 Å². The van der Waals surface area contributed by atoms with Crippen molar-refractivity contribution in [2.75, 3.05) is 19.0 Å². The molecule has 5 nitrogen and oxygen atoms in total. The molecule has 0 aromatic heterocycles. The molecule has 2 aromatic carbocycles. The Kier molecular flexibility index (Phi) is 8.84. The Bertz CT molecular complexity index is 1250. The molecule has 5 atom stereocenters. The first-order chi connectivity index (χ1) is 19.6. The summed E-state index contributed by atoms with van der Waals surface area (Å²) in [6.45, 7) is 15.7. The van der Waals surface area contributed by atoms with Crippen molar-refractivity contribution in [1.29, 1.82) is 0 Å². The molecule has 1 fully saturated rings. The van der Waals surface area contributed by atoms with Crippen LogP contribution in [-0.4, -0.2) is 45.7 Å². The third-order valence-corrected chi connectivity index (χ3v) is 10.3. The number of nitrogens with one attached hydrogen (secondary N) is 1. The zero-order valence-corrected chi connectivity index (χ0v) is 27.1. The number of carbonyl (C=O) groups is 1. The monoisotopic (exact) mass is 573 g/mol. The minimum absolute atomic E-state index is 0.0429. The molecule has 1 aliphatic carbocycles. The Morgan fingerprint density at radius 2 is 1.83 bits per heavy atom. The Labute approximate surface area is 249 Å². The molecule has 41 heavy (non-hydrogen) atoms. The van der Waals surface area contributed by atoms with Gasteiger partial charge < -0.3 is 14.5 Å². The Hall–Kier alpha value is -2.41. The summed E-state index contributed by atoms with van der Waals surface area (Å²) in [6, 6.07) is 19.9. The fourth-order valence-corrected chi connectivity index (χ4v) is 9.33. The van der Waals surface area contributed by atoms with Gasteiger partial charge in [-0.1, -0.05) is 82.6 Å². The maximum Gasteiger partial charge on any atom is 0.335 e. The number of fused-ring (bicyclic) bond motifs is 1. The average Bonchev–Trinajstić information content (AvgIpc) is 3.48. The van der Waals surface area contributed by atoms with Crippen LogP contribution in [0.1, 0.15) is 70.9 Å². The van der Waals surface area contributed by atoms with E-state index in [9.17, 15) is 4.79 Å². The summed E-state index contributed by atoms with van der Waals surface area (Å²) in [5.41, 5.74) is 5.55. The number of hydrogen-bond donors (Lipinski definition) is 1. The third kappa shape index (κ3) is 5.67. The van der Waals surface area contributed by atoms with Crippen molar-refractivity contribution in [3.63, 3.8) is 0 Å². The zero-order chi connectivity index (χ0) is 29.4. The van der Waals surface area contributed by atoms with Gasteiger partial charge in [-0.2, -0.15) is 0 Å². The molecule has 3 aliphatic rings. The molecule has 2 heterocycles. The topological polar surface area (TPSA) is 50.8 Å². The number of esters is 1. The number of rotatable bonds is 10. The number of nitrogens with zero attached hydrogens (tertiary/aromatic N) is 1. The number of carbonyl (C=O) groups excluding carboxylic acids is 1. The van der Waals surface area contributed by atoms with Gasteiger partial charge in [0.05, 0.1) is 24.2 Å². The van der Waals surface area contributed by atoms with Gasteiger partial charge in [0.15, 0.2) is 0 Å². The average molecular weight is 574 g/mol. The molecule has 5 rings (SSSR count). The van der Waals surface area contributed by atoms with Crippen LogP contribution in [0.4, 0.5) is 5.69 Å². The van der Waals surface area contributed by atoms with Gasteiger partial charge in [-0.25, -0.2) is 4.79 Å². The SMILES string of the molecule is CCCC(CC1CC(C(=O)OC)=C2Nc3ccccc3C23CCN(Cc2ccccc2)C13)C(O[Si](C)C)C(C)(C)C. The molecule has 1 saturated heterocycles. The smallest absolute Gasteiger partial charge is 0.335 e. The minimum atomic E-state index is -0.873. The number of methoxy groups -OCH3 is 1. The normalized spacial score (nSPS) is 25.4. The molecule has 0 saturated carbocycles. The van der Waals surface area contributed by atoms with E-state index in [4.69, 9.17) is 9.16 Å². The molecule has 6 heteroatoms. The van der Waals surface area contributed by atoms with Gasteiger partial charge in [-0.05, 0) is 73.2 Å². The van der Waals surface area contributed by atoms with Crippen molar-refractivity contribution in [2.45, 2.75) is 97.0 Å². The van der Waals surface area contributed by atoms with Crippen molar-refractivity contribution in [3.05, 3.63) is 77.0 Å². The molecule has 0 bridgehead atoms. The fraction of sp³-hybridized carbons (Fsp3) is 0.571. The molecule has 1 N–H and O–H groups in total. The minimum Gasteiger partial charge on any atom is -0.466 e. The summed E-state index contributed by atoms with van der Waals surface area (Å²) in [5, 5.41) is 3.75. The summed E-state index contributed by atoms with van der Waals surface area (Å²) in [5.74, 6) is 0.542. The van der Waals surface area contributed by atoms with Crippen LogP contribution < -0.4 is 5.32 Å². The molecule has 0 amide bonds. The second-order valence-corrected chi connectivity index (χ2v) is 15.8. The van der Waals surface area contributed by atoms with Crippen LogP contribution >= 0.6 is 0 Å². The highest BCUT2D eigenvalue weighted by atomic mass is 28.3. The van der Waals surface area contributed by atoms with Gasteiger partial charge >= 0.3 is 5.97 Å². The van der Waals surface area contributed by atoms with Gasteiger partial charge in [0.25, 0.3) is 0 Å². The summed E-state index contributed by atoms with van der Waals surface area (Å²) >= 11 is 0. The molecule has 1 radical (unpaired) electrons. The third-order valence-electron chi connectivity index (χ3n) is 9.59. The van der Waals surface area contributed by atoms with Gasteiger partial charge in [-0.15, -0.1) is 0 Å². The molecule has 1 spiro atoms. The summed E-state index contributed by atoms with van der Waals surface area (Å²) in [4.78, 5) is 16.2. The number of anilines is 1. The van der Waals surface area contributed by atoms with Crippen molar-refractivity contribution in [1.82, 2.24) is 4.90 Å². The van der Waals surface area contributed by atoms with Crippen LogP contribution in [0, 0.1) is 17.3 Å². The standard InChI is InChI=1S/C35H49N2O3Si/c1-8-14-25(32(34(2,3)4)40-41(6)7)21-26-22-27(33(38)39-5)30-35(28-17-12-13-18-29(28)36-30)19-20-37(31(26)35)23-24-15-10-9-11-16-24/h9-13,15-18,25-26,31-32,36H,8,14,19-23H2,1-7H3. The van der Waals surface area contributed by atoms with Crippen LogP contribution in [-0.2, 0) is 25.9 Å². The maximum absolute atomic E-state index is 13.5. The van der Waals surface area contributed by atoms with Gasteiger partial charge in [0.1, 0.15) is 0 Å². The van der Waals surface area contributed by atoms with Crippen LogP contribution in [0.25, 0.3) is 0 Å². The number of hydrogen-bond acceptors (Lipinski definition) is 5. The van der Waals surface area contributed by atoms with Gasteiger partial charge in [0.2, 0.25) is 9.04 Å². The Morgan fingerprint density at radius 1 is 1.12 bits per heavy atom. The molecule has 2 aromatic rings. The second-order valence-electron chi connectivity index (χ2n) is 13.7. The zero-order valence-electron chi connectivity index (χ0n) is 26.1. The van der Waals surface area contributed by atoms with E-state index in [2.05, 4.69) is 106 Å². The van der Waals surface area contributed by atoms with Crippen LogP contribution in [0.3, 0.4) is 0 Å². The van der Waals surface area contributed by atoms with E-state index in [1.165, 1.54) is 18.2 Å². The van der Waals surface area contributed by atoms with E-state index in [-0.39, 0.29) is 28.9 Å². The van der Waals surface area contributed by atoms with E-state index in [1.54, 1.807) is 0 Å². The van der Waals surface area contributed by atoms with Crippen molar-refractivity contribution >= 4 is 20.7 Å². The fourth-order valence-electron chi connectivity index (χ4n) is 8.27. The van der Waals surface area contributed by atoms with E-state index in [0.29, 0.717) is 11.8 Å². The summed E-state index contributed by atoms with van der Waals surface area (Å²) in [7, 11) is 0.653. The Balaban J connectivity index is 1.63. The van der Waals surface area contributed by atoms with Crippen molar-refractivity contribution in [2.24, 2.45) is 17.3 Å². The first-order valence-corrected chi connectivity index (χ1v) is 17.9. The first kappa shape index (κ1) is 30.1. The summed E-state index contributed by atoms with van der Waals surface area (Å²) in [6.07, 6.45) is 5.21. The number of ether oxygens (including phenoxy) is 1. The van der Waals surface area contributed by atoms with E-state index in [1.807, 2.05) is 0 Å². The first-order valence-electron chi connectivity index (χ1n) is 15.5. The second kappa shape index (κ2) is 12.1. The molecular weight excluding hydrogens is 524 g/mol. The highest BCUT2D eigenvalue weighted by Gasteiger charge is 2.61. The number of benzene rings is 2.